The Morgan fingerprint density at radius 1 is 1.39 bits per heavy atom. The summed E-state index contributed by atoms with van der Waals surface area (Å²) in [5.41, 5.74) is 0. The number of carbonyl (C=O) groups is 1. The van der Waals surface area contributed by atoms with Crippen LogP contribution in [0.4, 0.5) is 0 Å². The van der Waals surface area contributed by atoms with Gasteiger partial charge in [-0.05, 0) is 53.0 Å². The van der Waals surface area contributed by atoms with Crippen LogP contribution in [0.15, 0.2) is 39.8 Å². The van der Waals surface area contributed by atoms with Gasteiger partial charge >= 0.3 is 0 Å². The number of halogens is 2. The van der Waals surface area contributed by atoms with E-state index in [0.29, 0.717) is 13.2 Å². The van der Waals surface area contributed by atoms with Gasteiger partial charge in [0.15, 0.2) is 0 Å². The first kappa shape index (κ1) is 15.2. The van der Waals surface area contributed by atoms with Crippen molar-refractivity contribution in [2.45, 2.75) is 12.8 Å². The largest absolute Gasteiger partial charge is 0.492 e. The molecule has 0 saturated heterocycles. The number of carbonyl (C=O) groups excluding carboxylic acids is 1. The van der Waals surface area contributed by atoms with Gasteiger partial charge in [0.25, 0.3) is 0 Å². The van der Waals surface area contributed by atoms with Crippen LogP contribution in [0.1, 0.15) is 12.8 Å². The molecule has 0 bridgehead atoms. The molecule has 0 aromatic heterocycles. The van der Waals surface area contributed by atoms with Crippen molar-refractivity contribution in [3.63, 3.8) is 0 Å². The van der Waals surface area contributed by atoms with E-state index in [-0.39, 0.29) is 5.91 Å². The highest BCUT2D eigenvalue weighted by atomic mass is 79.9. The summed E-state index contributed by atoms with van der Waals surface area (Å²) in [6, 6.07) is 5.79. The average Bonchev–Trinajstić information content (AvgIpc) is 2.35. The van der Waals surface area contributed by atoms with Crippen molar-refractivity contribution in [3.05, 3.63) is 39.8 Å². The molecule has 1 aromatic rings. The number of nitrogens with one attached hydrogen (secondary N) is 1. The Morgan fingerprint density at radius 2 is 2.17 bits per heavy atom. The number of rotatable bonds is 7. The van der Waals surface area contributed by atoms with Gasteiger partial charge in [0.05, 0.1) is 11.1 Å². The molecule has 0 saturated carbocycles. The van der Waals surface area contributed by atoms with Gasteiger partial charge in [-0.15, -0.1) is 0 Å². The molecular formula is C13H15Br2NO2. The molecule has 0 fully saturated rings. The summed E-state index contributed by atoms with van der Waals surface area (Å²) in [5.74, 6) is 0.694. The maximum atomic E-state index is 10.9. The SMILES string of the molecule is C=CC(=O)NCCCCOc1ccc(Br)cc1Br. The molecule has 98 valence electrons. The lowest BCUT2D eigenvalue weighted by atomic mass is 10.3. The molecule has 0 spiro atoms. The summed E-state index contributed by atoms with van der Waals surface area (Å²) in [6.45, 7) is 4.66. The van der Waals surface area contributed by atoms with Gasteiger partial charge in [0.1, 0.15) is 5.75 Å². The first-order valence-corrected chi connectivity index (χ1v) is 7.20. The van der Waals surface area contributed by atoms with E-state index in [1.165, 1.54) is 6.08 Å². The van der Waals surface area contributed by atoms with Crippen LogP contribution in [0.3, 0.4) is 0 Å². The second-order valence-electron chi connectivity index (χ2n) is 3.63. The lowest BCUT2D eigenvalue weighted by Gasteiger charge is -2.08. The van der Waals surface area contributed by atoms with Crippen molar-refractivity contribution in [2.24, 2.45) is 0 Å². The minimum absolute atomic E-state index is 0.133. The van der Waals surface area contributed by atoms with E-state index in [4.69, 9.17) is 4.74 Å². The van der Waals surface area contributed by atoms with E-state index in [0.717, 1.165) is 27.5 Å². The number of amides is 1. The van der Waals surface area contributed by atoms with Crippen LogP contribution in [0.25, 0.3) is 0 Å². The van der Waals surface area contributed by atoms with Crippen molar-refractivity contribution in [1.29, 1.82) is 0 Å². The normalized spacial score (nSPS) is 9.89. The Labute approximate surface area is 124 Å². The van der Waals surface area contributed by atoms with Crippen LogP contribution in [0.2, 0.25) is 0 Å². The maximum absolute atomic E-state index is 10.9. The maximum Gasteiger partial charge on any atom is 0.243 e. The van der Waals surface area contributed by atoms with E-state index in [2.05, 4.69) is 43.8 Å². The molecule has 5 heteroatoms. The van der Waals surface area contributed by atoms with Crippen molar-refractivity contribution < 1.29 is 9.53 Å². The molecule has 0 heterocycles. The molecular weight excluding hydrogens is 362 g/mol. The van der Waals surface area contributed by atoms with Crippen LogP contribution < -0.4 is 10.1 Å². The van der Waals surface area contributed by atoms with Crippen molar-refractivity contribution >= 4 is 37.8 Å². The first-order chi connectivity index (χ1) is 8.63. The van der Waals surface area contributed by atoms with Gasteiger partial charge < -0.3 is 10.1 Å². The van der Waals surface area contributed by atoms with Gasteiger partial charge in [-0.2, -0.15) is 0 Å². The van der Waals surface area contributed by atoms with Gasteiger partial charge in [-0.25, -0.2) is 0 Å². The smallest absolute Gasteiger partial charge is 0.243 e. The molecule has 1 rings (SSSR count). The molecule has 0 aliphatic carbocycles. The van der Waals surface area contributed by atoms with E-state index in [1.807, 2.05) is 18.2 Å². The van der Waals surface area contributed by atoms with E-state index >= 15 is 0 Å². The molecule has 1 amide bonds. The molecule has 0 radical (unpaired) electrons. The van der Waals surface area contributed by atoms with Gasteiger partial charge in [-0.3, -0.25) is 4.79 Å². The van der Waals surface area contributed by atoms with Crippen LogP contribution >= 0.6 is 31.9 Å². The number of ether oxygens (including phenoxy) is 1. The minimum atomic E-state index is -0.133. The highest BCUT2D eigenvalue weighted by Gasteiger charge is 2.01. The molecule has 0 aliphatic rings. The number of hydrogen-bond acceptors (Lipinski definition) is 2. The van der Waals surface area contributed by atoms with Gasteiger partial charge in [-0.1, -0.05) is 22.5 Å². The van der Waals surface area contributed by atoms with Crippen LogP contribution in [-0.2, 0) is 4.79 Å². The van der Waals surface area contributed by atoms with E-state index in [1.54, 1.807) is 0 Å². The Hall–Kier alpha value is -0.810. The fourth-order valence-corrected chi connectivity index (χ4v) is 2.45. The Bertz CT molecular complexity index is 421. The monoisotopic (exact) mass is 375 g/mol. The summed E-state index contributed by atoms with van der Waals surface area (Å²) in [4.78, 5) is 10.9. The zero-order chi connectivity index (χ0) is 13.4. The molecule has 1 N–H and O–H groups in total. The standard InChI is InChI=1S/C13H15Br2NO2/c1-2-13(17)16-7-3-4-8-18-12-6-5-10(14)9-11(12)15/h2,5-6,9H,1,3-4,7-8H2,(H,16,17). The Morgan fingerprint density at radius 3 is 2.83 bits per heavy atom. The molecule has 1 aromatic carbocycles. The number of benzene rings is 1. The van der Waals surface area contributed by atoms with Crippen LogP contribution in [-0.4, -0.2) is 19.1 Å². The van der Waals surface area contributed by atoms with Crippen molar-refractivity contribution in [1.82, 2.24) is 5.32 Å². The second kappa shape index (κ2) is 8.32. The molecule has 0 atom stereocenters. The summed E-state index contributed by atoms with van der Waals surface area (Å²) in [6.07, 6.45) is 3.04. The lowest BCUT2D eigenvalue weighted by molar-refractivity contribution is -0.116. The predicted octanol–water partition coefficient (Wildman–Crippen LogP) is 3.67. The van der Waals surface area contributed by atoms with E-state index in [9.17, 15) is 4.79 Å². The number of hydrogen-bond donors (Lipinski definition) is 1. The summed E-state index contributed by atoms with van der Waals surface area (Å²) in [7, 11) is 0. The predicted molar refractivity (Wildman–Crippen MR) is 79.8 cm³/mol. The summed E-state index contributed by atoms with van der Waals surface area (Å²) < 4.78 is 7.56. The molecule has 3 nitrogen and oxygen atoms in total. The fourth-order valence-electron chi connectivity index (χ4n) is 1.29. The number of unbranched alkanes of at least 4 members (excludes halogenated alkanes) is 1. The van der Waals surface area contributed by atoms with Crippen LogP contribution in [0.5, 0.6) is 5.75 Å². The molecule has 18 heavy (non-hydrogen) atoms. The highest BCUT2D eigenvalue weighted by molar-refractivity contribution is 9.11. The van der Waals surface area contributed by atoms with Gasteiger partial charge in [0, 0.05) is 11.0 Å². The first-order valence-electron chi connectivity index (χ1n) is 5.61. The van der Waals surface area contributed by atoms with Crippen molar-refractivity contribution in [3.8, 4) is 5.75 Å². The second-order valence-corrected chi connectivity index (χ2v) is 5.40. The fraction of sp³-hybridized carbons (Fsp3) is 0.308. The van der Waals surface area contributed by atoms with Crippen LogP contribution in [0, 0.1) is 0 Å². The zero-order valence-electron chi connectivity index (χ0n) is 9.92. The third-order valence-corrected chi connectivity index (χ3v) is 3.32. The highest BCUT2D eigenvalue weighted by Crippen LogP contribution is 2.28. The average molecular weight is 377 g/mol. The summed E-state index contributed by atoms with van der Waals surface area (Å²) in [5, 5.41) is 2.72. The third kappa shape index (κ3) is 5.69. The minimum Gasteiger partial charge on any atom is -0.492 e. The van der Waals surface area contributed by atoms with Gasteiger partial charge in [0.2, 0.25) is 5.91 Å². The molecule has 0 unspecified atom stereocenters. The third-order valence-electron chi connectivity index (χ3n) is 2.21. The quantitative estimate of drug-likeness (QED) is 0.582. The lowest BCUT2D eigenvalue weighted by Crippen LogP contribution is -2.22. The topological polar surface area (TPSA) is 38.3 Å². The van der Waals surface area contributed by atoms with Crippen molar-refractivity contribution in [2.75, 3.05) is 13.2 Å². The Kier molecular flexibility index (Phi) is 7.05. The zero-order valence-corrected chi connectivity index (χ0v) is 13.1. The molecule has 0 aliphatic heterocycles. The summed E-state index contributed by atoms with van der Waals surface area (Å²) >= 11 is 6.82. The Balaban J connectivity index is 2.18. The van der Waals surface area contributed by atoms with E-state index < -0.39 is 0 Å².